The normalized spacial score (nSPS) is 12.8. The fourth-order valence-corrected chi connectivity index (χ4v) is 2.67. The molecular weight excluding hydrogens is 264 g/mol. The van der Waals surface area contributed by atoms with Crippen molar-refractivity contribution in [1.29, 1.82) is 5.26 Å². The number of hydrogen-bond donors (Lipinski definition) is 2. The minimum absolute atomic E-state index is 0.0545. The van der Waals surface area contributed by atoms with Gasteiger partial charge in [0.1, 0.15) is 11.9 Å². The monoisotopic (exact) mass is 276 g/mol. The molecular formula is C12H12N4O2S. The second-order valence-electron chi connectivity index (χ2n) is 3.93. The molecule has 2 aromatic rings. The van der Waals surface area contributed by atoms with Crippen LogP contribution in [0.3, 0.4) is 0 Å². The molecule has 2 rings (SSSR count). The van der Waals surface area contributed by atoms with E-state index < -0.39 is 16.1 Å². The summed E-state index contributed by atoms with van der Waals surface area (Å²) in [5, 5.41) is 9.04. The molecule has 0 saturated heterocycles. The number of aromatic amines is 1. The molecule has 0 aliphatic carbocycles. The lowest BCUT2D eigenvalue weighted by Crippen LogP contribution is -2.28. The maximum absolute atomic E-state index is 12.1. The molecule has 19 heavy (non-hydrogen) atoms. The Morgan fingerprint density at radius 2 is 2.05 bits per heavy atom. The van der Waals surface area contributed by atoms with E-state index in [1.54, 1.807) is 37.3 Å². The van der Waals surface area contributed by atoms with Crippen LogP contribution in [0.2, 0.25) is 0 Å². The Morgan fingerprint density at radius 1 is 1.37 bits per heavy atom. The molecule has 1 aromatic carbocycles. The van der Waals surface area contributed by atoms with Crippen LogP contribution in [0.4, 0.5) is 0 Å². The Hall–Kier alpha value is -2.17. The molecule has 1 heterocycles. The maximum Gasteiger partial charge on any atom is 0.259 e. The molecule has 1 aromatic heterocycles. The summed E-state index contributed by atoms with van der Waals surface area (Å²) in [6.07, 6.45) is 1.22. The van der Waals surface area contributed by atoms with E-state index in [0.29, 0.717) is 11.4 Å². The van der Waals surface area contributed by atoms with Gasteiger partial charge in [-0.1, -0.05) is 30.3 Å². The summed E-state index contributed by atoms with van der Waals surface area (Å²) < 4.78 is 26.4. The summed E-state index contributed by atoms with van der Waals surface area (Å²) in [4.78, 5) is 6.46. The van der Waals surface area contributed by atoms with Gasteiger partial charge in [-0.15, -0.1) is 0 Å². The summed E-state index contributed by atoms with van der Waals surface area (Å²) in [6.45, 7) is 1.65. The van der Waals surface area contributed by atoms with E-state index in [1.807, 2.05) is 6.07 Å². The van der Waals surface area contributed by atoms with Crippen molar-refractivity contribution in [2.75, 3.05) is 0 Å². The fourth-order valence-electron chi connectivity index (χ4n) is 1.57. The van der Waals surface area contributed by atoms with Gasteiger partial charge < -0.3 is 4.98 Å². The van der Waals surface area contributed by atoms with Gasteiger partial charge in [-0.2, -0.15) is 9.98 Å². The third-order valence-corrected chi connectivity index (χ3v) is 3.84. The molecule has 98 valence electrons. The quantitative estimate of drug-likeness (QED) is 0.878. The highest BCUT2D eigenvalue weighted by atomic mass is 32.2. The molecule has 0 fully saturated rings. The summed E-state index contributed by atoms with van der Waals surface area (Å²) in [6, 6.07) is 9.65. The predicted octanol–water partition coefficient (Wildman–Crippen LogP) is 1.26. The van der Waals surface area contributed by atoms with Crippen LogP contribution >= 0.6 is 0 Å². The zero-order valence-electron chi connectivity index (χ0n) is 10.2. The number of H-pyrrole nitrogens is 1. The van der Waals surface area contributed by atoms with Crippen LogP contribution in [-0.4, -0.2) is 18.4 Å². The van der Waals surface area contributed by atoms with E-state index in [2.05, 4.69) is 14.7 Å². The second-order valence-corrected chi connectivity index (χ2v) is 5.61. The van der Waals surface area contributed by atoms with Crippen molar-refractivity contribution in [2.45, 2.75) is 18.0 Å². The van der Waals surface area contributed by atoms with Crippen molar-refractivity contribution in [1.82, 2.24) is 14.7 Å². The number of nitrogens with zero attached hydrogens (tertiary/aromatic N) is 2. The molecule has 0 spiro atoms. The third kappa shape index (κ3) is 2.99. The minimum atomic E-state index is -3.79. The standard InChI is InChI=1S/C12H12N4O2S/c1-9-14-8-12(15-9)19(17,18)16-11(7-13)10-5-3-2-4-6-10/h2-6,8,11,16H,1H3,(H,14,15). The van der Waals surface area contributed by atoms with E-state index in [4.69, 9.17) is 5.26 Å². The minimum Gasteiger partial charge on any atom is -0.332 e. The van der Waals surface area contributed by atoms with Gasteiger partial charge in [-0.3, -0.25) is 0 Å². The van der Waals surface area contributed by atoms with Gasteiger partial charge in [0.25, 0.3) is 10.0 Å². The summed E-state index contributed by atoms with van der Waals surface area (Å²) in [7, 11) is -3.79. The van der Waals surface area contributed by atoms with Crippen molar-refractivity contribution in [3.8, 4) is 6.07 Å². The second kappa shape index (κ2) is 5.22. The highest BCUT2D eigenvalue weighted by Crippen LogP contribution is 2.15. The van der Waals surface area contributed by atoms with E-state index >= 15 is 0 Å². The molecule has 7 heteroatoms. The Morgan fingerprint density at radius 3 is 2.58 bits per heavy atom. The number of nitriles is 1. The Labute approximate surface area is 111 Å². The molecule has 0 aliphatic rings. The van der Waals surface area contributed by atoms with Gasteiger partial charge in [0.05, 0.1) is 12.3 Å². The number of sulfonamides is 1. The molecule has 0 amide bonds. The molecule has 1 unspecified atom stereocenters. The molecule has 6 nitrogen and oxygen atoms in total. The zero-order chi connectivity index (χ0) is 13.9. The SMILES string of the molecule is Cc1ncc(S(=O)(=O)NC(C#N)c2ccccc2)[nH]1. The van der Waals surface area contributed by atoms with Crippen molar-refractivity contribution in [2.24, 2.45) is 0 Å². The van der Waals surface area contributed by atoms with Crippen LogP contribution in [0, 0.1) is 18.3 Å². The first-order chi connectivity index (χ1) is 9.03. The van der Waals surface area contributed by atoms with Crippen LogP contribution in [0.15, 0.2) is 41.6 Å². The Kier molecular flexibility index (Phi) is 3.64. The summed E-state index contributed by atoms with van der Waals surface area (Å²) in [5.74, 6) is 0.494. The lowest BCUT2D eigenvalue weighted by molar-refractivity contribution is 0.572. The highest BCUT2D eigenvalue weighted by Gasteiger charge is 2.22. The fraction of sp³-hybridized carbons (Fsp3) is 0.167. The van der Waals surface area contributed by atoms with Gasteiger partial charge in [0, 0.05) is 0 Å². The molecule has 1 atom stereocenters. The van der Waals surface area contributed by atoms with E-state index in [1.165, 1.54) is 6.20 Å². The molecule has 0 bridgehead atoms. The zero-order valence-corrected chi connectivity index (χ0v) is 11.0. The number of hydrogen-bond acceptors (Lipinski definition) is 4. The average molecular weight is 276 g/mol. The lowest BCUT2D eigenvalue weighted by atomic mass is 10.1. The molecule has 0 saturated carbocycles. The number of imidazole rings is 1. The van der Waals surface area contributed by atoms with Crippen LogP contribution in [-0.2, 0) is 10.0 Å². The Bertz CT molecular complexity index is 701. The topological polar surface area (TPSA) is 98.6 Å². The van der Waals surface area contributed by atoms with E-state index in [9.17, 15) is 8.42 Å². The van der Waals surface area contributed by atoms with Crippen LogP contribution in [0.25, 0.3) is 0 Å². The smallest absolute Gasteiger partial charge is 0.259 e. The van der Waals surface area contributed by atoms with Crippen LogP contribution in [0.1, 0.15) is 17.4 Å². The van der Waals surface area contributed by atoms with Crippen molar-refractivity contribution in [3.05, 3.63) is 47.9 Å². The number of aryl methyl sites for hydroxylation is 1. The number of benzene rings is 1. The summed E-state index contributed by atoms with van der Waals surface area (Å²) >= 11 is 0. The largest absolute Gasteiger partial charge is 0.332 e. The molecule has 2 N–H and O–H groups in total. The van der Waals surface area contributed by atoms with Crippen molar-refractivity contribution < 1.29 is 8.42 Å². The molecule has 0 radical (unpaired) electrons. The first kappa shape index (κ1) is 13.3. The van der Waals surface area contributed by atoms with Gasteiger partial charge >= 0.3 is 0 Å². The summed E-state index contributed by atoms with van der Waals surface area (Å²) in [5.41, 5.74) is 0.588. The van der Waals surface area contributed by atoms with Crippen molar-refractivity contribution >= 4 is 10.0 Å². The number of nitrogens with one attached hydrogen (secondary N) is 2. The van der Waals surface area contributed by atoms with Gasteiger partial charge in [-0.25, -0.2) is 13.4 Å². The first-order valence-corrected chi connectivity index (χ1v) is 7.00. The van der Waals surface area contributed by atoms with Gasteiger partial charge in [0.15, 0.2) is 5.03 Å². The van der Waals surface area contributed by atoms with E-state index in [-0.39, 0.29) is 5.03 Å². The molecule has 0 aliphatic heterocycles. The van der Waals surface area contributed by atoms with Gasteiger partial charge in [0.2, 0.25) is 0 Å². The first-order valence-electron chi connectivity index (χ1n) is 5.51. The van der Waals surface area contributed by atoms with Crippen molar-refractivity contribution in [3.63, 3.8) is 0 Å². The number of aromatic nitrogens is 2. The highest BCUT2D eigenvalue weighted by molar-refractivity contribution is 7.89. The third-order valence-electron chi connectivity index (χ3n) is 2.50. The van der Waals surface area contributed by atoms with E-state index in [0.717, 1.165) is 0 Å². The predicted molar refractivity (Wildman–Crippen MR) is 68.4 cm³/mol. The Balaban J connectivity index is 2.27. The number of rotatable bonds is 4. The average Bonchev–Trinajstić information content (AvgIpc) is 2.85. The van der Waals surface area contributed by atoms with Gasteiger partial charge in [-0.05, 0) is 12.5 Å². The van der Waals surface area contributed by atoms with Crippen LogP contribution < -0.4 is 4.72 Å². The van der Waals surface area contributed by atoms with Crippen LogP contribution in [0.5, 0.6) is 0 Å². The lowest BCUT2D eigenvalue weighted by Gasteiger charge is -2.11. The maximum atomic E-state index is 12.1.